The maximum atomic E-state index is 4.30. The van der Waals surface area contributed by atoms with Gasteiger partial charge in [0.2, 0.25) is 0 Å². The predicted octanol–water partition coefficient (Wildman–Crippen LogP) is 1.14. The number of hydrogen-bond acceptors (Lipinski definition) is 5. The van der Waals surface area contributed by atoms with Crippen molar-refractivity contribution >= 4 is 0 Å². The molecule has 2 unspecified atom stereocenters. The van der Waals surface area contributed by atoms with Crippen LogP contribution in [0.5, 0.6) is 0 Å². The molecule has 6 nitrogen and oxygen atoms in total. The first-order valence-electron chi connectivity index (χ1n) is 7.51. The maximum Gasteiger partial charge on any atom is 0.188 e. The smallest absolute Gasteiger partial charge is 0.188 e. The zero-order valence-electron chi connectivity index (χ0n) is 12.6. The fraction of sp³-hybridized carbons (Fsp3) is 0.533. The quantitative estimate of drug-likeness (QED) is 0.913. The number of aromatic nitrogens is 4. The first kappa shape index (κ1) is 14.2. The van der Waals surface area contributed by atoms with Crippen LogP contribution in [0.3, 0.4) is 0 Å². The van der Waals surface area contributed by atoms with Crippen LogP contribution in [0.1, 0.15) is 30.8 Å². The largest absolute Gasteiger partial charge is 0.307 e. The number of benzene rings is 1. The van der Waals surface area contributed by atoms with Gasteiger partial charge in [0.15, 0.2) is 5.82 Å². The van der Waals surface area contributed by atoms with Crippen LogP contribution in [0.2, 0.25) is 0 Å². The van der Waals surface area contributed by atoms with Crippen molar-refractivity contribution in [2.45, 2.75) is 32.0 Å². The van der Waals surface area contributed by atoms with Crippen molar-refractivity contribution in [1.29, 1.82) is 0 Å². The van der Waals surface area contributed by atoms with Gasteiger partial charge in [-0.1, -0.05) is 37.3 Å². The van der Waals surface area contributed by atoms with Gasteiger partial charge in [-0.2, -0.15) is 4.80 Å². The summed E-state index contributed by atoms with van der Waals surface area (Å²) >= 11 is 0. The number of aryl methyl sites for hydroxylation is 1. The summed E-state index contributed by atoms with van der Waals surface area (Å²) in [6.45, 7) is 4.96. The molecule has 112 valence electrons. The van der Waals surface area contributed by atoms with E-state index in [4.69, 9.17) is 0 Å². The van der Waals surface area contributed by atoms with Gasteiger partial charge in [-0.05, 0) is 17.2 Å². The average Bonchev–Trinajstić information content (AvgIpc) is 2.93. The van der Waals surface area contributed by atoms with Crippen LogP contribution in [0.4, 0.5) is 0 Å². The van der Waals surface area contributed by atoms with E-state index in [0.717, 1.165) is 31.9 Å². The Morgan fingerprint density at radius 2 is 2.10 bits per heavy atom. The topological polar surface area (TPSA) is 58.9 Å². The summed E-state index contributed by atoms with van der Waals surface area (Å²) in [5, 5.41) is 16.0. The van der Waals surface area contributed by atoms with E-state index in [-0.39, 0.29) is 0 Å². The summed E-state index contributed by atoms with van der Waals surface area (Å²) in [4.78, 5) is 3.98. The van der Waals surface area contributed by atoms with Gasteiger partial charge in [-0.3, -0.25) is 4.90 Å². The molecule has 0 bridgehead atoms. The Morgan fingerprint density at radius 3 is 2.76 bits per heavy atom. The molecule has 1 aliphatic heterocycles. The molecule has 2 aromatic rings. The third-order valence-electron chi connectivity index (χ3n) is 4.10. The Balaban J connectivity index is 1.72. The van der Waals surface area contributed by atoms with Crippen LogP contribution in [0, 0.1) is 0 Å². The maximum absolute atomic E-state index is 4.30. The molecule has 1 N–H and O–H groups in total. The van der Waals surface area contributed by atoms with Crippen molar-refractivity contribution in [1.82, 2.24) is 30.4 Å². The highest BCUT2D eigenvalue weighted by Crippen LogP contribution is 2.22. The highest BCUT2D eigenvalue weighted by atomic mass is 15.6. The molecular formula is C15H22N6. The van der Waals surface area contributed by atoms with Gasteiger partial charge in [0.05, 0.1) is 13.6 Å². The lowest BCUT2D eigenvalue weighted by Gasteiger charge is -2.39. The van der Waals surface area contributed by atoms with Gasteiger partial charge < -0.3 is 5.32 Å². The number of nitrogens with zero attached hydrogens (tertiary/aromatic N) is 5. The Bertz CT molecular complexity index is 567. The fourth-order valence-corrected chi connectivity index (χ4v) is 2.93. The van der Waals surface area contributed by atoms with Crippen LogP contribution >= 0.6 is 0 Å². The number of tetrazole rings is 1. The highest BCUT2D eigenvalue weighted by molar-refractivity contribution is 5.20. The summed E-state index contributed by atoms with van der Waals surface area (Å²) < 4.78 is 0. The zero-order valence-corrected chi connectivity index (χ0v) is 12.6. The van der Waals surface area contributed by atoms with Crippen molar-refractivity contribution < 1.29 is 0 Å². The van der Waals surface area contributed by atoms with Gasteiger partial charge in [-0.25, -0.2) is 0 Å². The molecule has 21 heavy (non-hydrogen) atoms. The monoisotopic (exact) mass is 286 g/mol. The molecular weight excluding hydrogens is 264 g/mol. The molecule has 1 fully saturated rings. The Morgan fingerprint density at radius 1 is 1.29 bits per heavy atom. The third-order valence-corrected chi connectivity index (χ3v) is 4.10. The van der Waals surface area contributed by atoms with Crippen molar-refractivity contribution in [2.24, 2.45) is 7.05 Å². The molecule has 1 saturated heterocycles. The molecule has 2 heterocycles. The molecule has 3 rings (SSSR count). The van der Waals surface area contributed by atoms with Crippen molar-refractivity contribution in [2.75, 3.05) is 13.1 Å². The lowest BCUT2D eigenvalue weighted by Crippen LogP contribution is -2.52. The van der Waals surface area contributed by atoms with Crippen molar-refractivity contribution in [3.05, 3.63) is 41.7 Å². The number of nitrogens with one attached hydrogen (secondary N) is 1. The summed E-state index contributed by atoms with van der Waals surface area (Å²) in [5.41, 5.74) is 1.34. The van der Waals surface area contributed by atoms with Gasteiger partial charge in [-0.15, -0.1) is 10.2 Å². The summed E-state index contributed by atoms with van der Waals surface area (Å²) in [5.74, 6) is 0.796. The molecule has 1 aromatic heterocycles. The number of piperazine rings is 1. The number of rotatable bonds is 4. The molecule has 0 amide bonds. The van der Waals surface area contributed by atoms with Crippen molar-refractivity contribution in [3.63, 3.8) is 0 Å². The Hall–Kier alpha value is -1.79. The van der Waals surface area contributed by atoms with Crippen LogP contribution in [-0.2, 0) is 13.6 Å². The molecule has 1 aromatic carbocycles. The van der Waals surface area contributed by atoms with Gasteiger partial charge in [0, 0.05) is 25.2 Å². The molecule has 2 atom stereocenters. The Labute approximate surface area is 125 Å². The highest BCUT2D eigenvalue weighted by Gasteiger charge is 2.28. The average molecular weight is 286 g/mol. The Kier molecular flexibility index (Phi) is 4.26. The molecule has 0 saturated carbocycles. The minimum atomic E-state index is 0.366. The van der Waals surface area contributed by atoms with Crippen molar-refractivity contribution in [3.8, 4) is 0 Å². The first-order chi connectivity index (χ1) is 10.3. The molecule has 0 spiro atoms. The van der Waals surface area contributed by atoms with Crippen LogP contribution in [-0.4, -0.2) is 44.2 Å². The van der Waals surface area contributed by atoms with E-state index in [1.165, 1.54) is 10.4 Å². The lowest BCUT2D eigenvalue weighted by molar-refractivity contribution is 0.116. The molecule has 0 radical (unpaired) electrons. The summed E-state index contributed by atoms with van der Waals surface area (Å²) in [6.07, 6.45) is 1.12. The van der Waals surface area contributed by atoms with E-state index in [1.54, 1.807) is 7.05 Å². The summed E-state index contributed by atoms with van der Waals surface area (Å²) in [7, 11) is 1.80. The van der Waals surface area contributed by atoms with Crippen LogP contribution in [0.25, 0.3) is 0 Å². The number of hydrogen-bond donors (Lipinski definition) is 1. The van der Waals surface area contributed by atoms with E-state index in [0.29, 0.717) is 12.1 Å². The minimum Gasteiger partial charge on any atom is -0.307 e. The fourth-order valence-electron chi connectivity index (χ4n) is 2.93. The van der Waals surface area contributed by atoms with Crippen LogP contribution < -0.4 is 5.32 Å². The van der Waals surface area contributed by atoms with Crippen LogP contribution in [0.15, 0.2) is 30.3 Å². The van der Waals surface area contributed by atoms with E-state index >= 15 is 0 Å². The summed E-state index contributed by atoms with van der Waals surface area (Å²) in [6, 6.07) is 11.5. The second-order valence-electron chi connectivity index (χ2n) is 5.56. The van der Waals surface area contributed by atoms with Gasteiger partial charge in [0.25, 0.3) is 0 Å². The second-order valence-corrected chi connectivity index (χ2v) is 5.56. The SMILES string of the molecule is CCC1CNC(c2ccccc2)CN1Cc1nnn(C)n1. The molecule has 6 heteroatoms. The first-order valence-corrected chi connectivity index (χ1v) is 7.51. The van der Waals surface area contributed by atoms with E-state index in [9.17, 15) is 0 Å². The molecule has 0 aliphatic carbocycles. The van der Waals surface area contributed by atoms with E-state index < -0.39 is 0 Å². The van der Waals surface area contributed by atoms with E-state index in [2.05, 4.69) is 62.9 Å². The van der Waals surface area contributed by atoms with Gasteiger partial charge in [0.1, 0.15) is 0 Å². The zero-order chi connectivity index (χ0) is 14.7. The second kappa shape index (κ2) is 6.32. The minimum absolute atomic E-state index is 0.366. The normalized spacial score (nSPS) is 23.3. The standard InChI is InChI=1S/C15H22N6/c1-3-13-9-16-14(12-7-5-4-6-8-12)10-21(13)11-15-17-19-20(2)18-15/h4-8,13-14,16H,3,9-11H2,1-2H3. The third kappa shape index (κ3) is 3.28. The predicted molar refractivity (Wildman–Crippen MR) is 80.5 cm³/mol. The van der Waals surface area contributed by atoms with Gasteiger partial charge >= 0.3 is 0 Å². The molecule has 1 aliphatic rings. The lowest BCUT2D eigenvalue weighted by atomic mass is 10.0. The van der Waals surface area contributed by atoms with E-state index in [1.807, 2.05) is 0 Å².